The monoisotopic (exact) mass is 316 g/mol. The normalized spacial score (nSPS) is 11.0. The molecule has 0 amide bonds. The Balaban J connectivity index is 1.87. The van der Waals surface area contributed by atoms with E-state index in [9.17, 15) is 5.11 Å². The predicted octanol–water partition coefficient (Wildman–Crippen LogP) is 3.42. The van der Waals surface area contributed by atoms with Gasteiger partial charge in [0, 0.05) is 18.7 Å². The van der Waals surface area contributed by atoms with Crippen molar-refractivity contribution < 1.29 is 5.11 Å². The fraction of sp³-hybridized carbons (Fsp3) is 0.105. The Kier molecular flexibility index (Phi) is 3.46. The molecular formula is C19H16N4O. The highest BCUT2D eigenvalue weighted by Gasteiger charge is 2.16. The van der Waals surface area contributed by atoms with Crippen LogP contribution in [0.3, 0.4) is 0 Å². The number of rotatable bonds is 3. The lowest BCUT2D eigenvalue weighted by atomic mass is 10.1. The first-order valence-electron chi connectivity index (χ1n) is 7.76. The molecule has 0 saturated heterocycles. The summed E-state index contributed by atoms with van der Waals surface area (Å²) in [7, 11) is 0. The van der Waals surface area contributed by atoms with Crippen molar-refractivity contribution in [2.45, 2.75) is 13.3 Å². The zero-order valence-electron chi connectivity index (χ0n) is 13.2. The summed E-state index contributed by atoms with van der Waals surface area (Å²) in [5, 5.41) is 15.6. The average molecular weight is 316 g/mol. The van der Waals surface area contributed by atoms with Gasteiger partial charge in [0.15, 0.2) is 11.5 Å². The standard InChI is InChI=1S/C19H16N4O/c1-13-18-16(24)12-15(11-14-7-3-2-4-8-14)21-19(18)23(22-13)17-9-5-6-10-20-17/h2-10,12H,11H2,1H3,(H,21,24). The molecule has 3 heterocycles. The summed E-state index contributed by atoms with van der Waals surface area (Å²) in [5.74, 6) is 0.880. The third kappa shape index (κ3) is 2.50. The van der Waals surface area contributed by atoms with E-state index in [1.807, 2.05) is 55.5 Å². The lowest BCUT2D eigenvalue weighted by Gasteiger charge is -2.06. The molecule has 0 aliphatic carbocycles. The largest absolute Gasteiger partial charge is 0.507 e. The first kappa shape index (κ1) is 14.4. The maximum absolute atomic E-state index is 10.5. The molecule has 0 aliphatic heterocycles. The molecule has 4 rings (SSSR count). The molecular weight excluding hydrogens is 300 g/mol. The van der Waals surface area contributed by atoms with Gasteiger partial charge in [0.05, 0.1) is 16.8 Å². The van der Waals surface area contributed by atoms with E-state index >= 15 is 0 Å². The fourth-order valence-electron chi connectivity index (χ4n) is 2.85. The smallest absolute Gasteiger partial charge is 0.169 e. The summed E-state index contributed by atoms with van der Waals surface area (Å²) in [6.45, 7) is 1.86. The van der Waals surface area contributed by atoms with Gasteiger partial charge in [-0.25, -0.2) is 9.97 Å². The van der Waals surface area contributed by atoms with Gasteiger partial charge in [-0.05, 0) is 24.6 Å². The van der Waals surface area contributed by atoms with Crippen molar-refractivity contribution >= 4 is 11.0 Å². The zero-order valence-corrected chi connectivity index (χ0v) is 13.2. The molecule has 0 unspecified atom stereocenters. The van der Waals surface area contributed by atoms with Crippen LogP contribution in [0.5, 0.6) is 5.75 Å². The Bertz CT molecular complexity index is 994. The van der Waals surface area contributed by atoms with E-state index < -0.39 is 0 Å². The summed E-state index contributed by atoms with van der Waals surface area (Å²) < 4.78 is 1.68. The summed E-state index contributed by atoms with van der Waals surface area (Å²) in [5.41, 5.74) is 3.29. The summed E-state index contributed by atoms with van der Waals surface area (Å²) in [6.07, 6.45) is 2.36. The number of fused-ring (bicyclic) bond motifs is 1. The van der Waals surface area contributed by atoms with Crippen LogP contribution < -0.4 is 0 Å². The van der Waals surface area contributed by atoms with Gasteiger partial charge in [0.1, 0.15) is 5.75 Å². The second-order valence-corrected chi connectivity index (χ2v) is 5.68. The number of nitrogens with zero attached hydrogens (tertiary/aromatic N) is 4. The minimum absolute atomic E-state index is 0.200. The Morgan fingerprint density at radius 3 is 2.58 bits per heavy atom. The molecule has 0 saturated carbocycles. The lowest BCUT2D eigenvalue weighted by Crippen LogP contribution is -2.01. The molecule has 1 N–H and O–H groups in total. The predicted molar refractivity (Wildman–Crippen MR) is 92.3 cm³/mol. The molecule has 0 bridgehead atoms. The van der Waals surface area contributed by atoms with Gasteiger partial charge in [0.25, 0.3) is 0 Å². The van der Waals surface area contributed by atoms with Crippen LogP contribution >= 0.6 is 0 Å². The molecule has 0 spiro atoms. The van der Waals surface area contributed by atoms with Crippen LogP contribution in [0.4, 0.5) is 0 Å². The molecule has 0 fully saturated rings. The van der Waals surface area contributed by atoms with Gasteiger partial charge >= 0.3 is 0 Å². The SMILES string of the molecule is Cc1nn(-c2ccccn2)c2nc(Cc3ccccc3)cc(O)c12. The Hall–Kier alpha value is -3.21. The number of benzene rings is 1. The number of hydrogen-bond donors (Lipinski definition) is 1. The van der Waals surface area contributed by atoms with Crippen molar-refractivity contribution in [3.8, 4) is 11.6 Å². The van der Waals surface area contributed by atoms with Gasteiger partial charge in [0.2, 0.25) is 0 Å². The van der Waals surface area contributed by atoms with E-state index in [2.05, 4.69) is 10.1 Å². The lowest BCUT2D eigenvalue weighted by molar-refractivity contribution is 0.480. The molecule has 0 radical (unpaired) electrons. The van der Waals surface area contributed by atoms with Crippen LogP contribution in [0.1, 0.15) is 17.0 Å². The fourth-order valence-corrected chi connectivity index (χ4v) is 2.85. The molecule has 24 heavy (non-hydrogen) atoms. The second-order valence-electron chi connectivity index (χ2n) is 5.68. The number of pyridine rings is 2. The number of aromatic nitrogens is 4. The first-order chi connectivity index (χ1) is 11.7. The Morgan fingerprint density at radius 2 is 1.83 bits per heavy atom. The highest BCUT2D eigenvalue weighted by Crippen LogP contribution is 2.29. The van der Waals surface area contributed by atoms with E-state index in [-0.39, 0.29) is 5.75 Å². The van der Waals surface area contributed by atoms with E-state index in [0.29, 0.717) is 23.3 Å². The van der Waals surface area contributed by atoms with E-state index in [0.717, 1.165) is 17.0 Å². The molecule has 4 aromatic rings. The van der Waals surface area contributed by atoms with Crippen LogP contribution in [-0.2, 0) is 6.42 Å². The molecule has 3 aromatic heterocycles. The van der Waals surface area contributed by atoms with E-state index in [4.69, 9.17) is 4.98 Å². The Labute approximate surface area is 139 Å². The summed E-state index contributed by atoms with van der Waals surface area (Å²) in [4.78, 5) is 9.06. The third-order valence-electron chi connectivity index (χ3n) is 3.94. The number of hydrogen-bond acceptors (Lipinski definition) is 4. The highest BCUT2D eigenvalue weighted by atomic mass is 16.3. The molecule has 1 aromatic carbocycles. The molecule has 0 aliphatic rings. The minimum Gasteiger partial charge on any atom is -0.507 e. The van der Waals surface area contributed by atoms with Crippen LogP contribution in [0, 0.1) is 6.92 Å². The summed E-state index contributed by atoms with van der Waals surface area (Å²) in [6, 6.07) is 17.4. The van der Waals surface area contributed by atoms with Crippen molar-refractivity contribution in [1.82, 2.24) is 19.7 Å². The topological polar surface area (TPSA) is 63.8 Å². The quantitative estimate of drug-likeness (QED) is 0.629. The van der Waals surface area contributed by atoms with Gasteiger partial charge < -0.3 is 5.11 Å². The third-order valence-corrected chi connectivity index (χ3v) is 3.94. The maximum Gasteiger partial charge on any atom is 0.169 e. The summed E-state index contributed by atoms with van der Waals surface area (Å²) >= 11 is 0. The zero-order chi connectivity index (χ0) is 16.5. The van der Waals surface area contributed by atoms with Crippen molar-refractivity contribution in [3.63, 3.8) is 0 Å². The molecule has 5 heteroatoms. The van der Waals surface area contributed by atoms with Crippen molar-refractivity contribution in [2.75, 3.05) is 0 Å². The van der Waals surface area contributed by atoms with Gasteiger partial charge in [-0.15, -0.1) is 0 Å². The molecule has 118 valence electrons. The van der Waals surface area contributed by atoms with Crippen LogP contribution in [0.25, 0.3) is 16.9 Å². The second kappa shape index (κ2) is 5.77. The first-order valence-corrected chi connectivity index (χ1v) is 7.76. The molecule has 0 atom stereocenters. The van der Waals surface area contributed by atoms with Crippen LogP contribution in [-0.4, -0.2) is 24.9 Å². The number of aromatic hydroxyl groups is 1. The number of aryl methyl sites for hydroxylation is 1. The van der Waals surface area contributed by atoms with Crippen molar-refractivity contribution in [2.24, 2.45) is 0 Å². The van der Waals surface area contributed by atoms with Crippen molar-refractivity contribution in [1.29, 1.82) is 0 Å². The Morgan fingerprint density at radius 1 is 1.04 bits per heavy atom. The van der Waals surface area contributed by atoms with Crippen LogP contribution in [0.2, 0.25) is 0 Å². The van der Waals surface area contributed by atoms with Crippen molar-refractivity contribution in [3.05, 3.63) is 77.7 Å². The van der Waals surface area contributed by atoms with Crippen LogP contribution in [0.15, 0.2) is 60.8 Å². The average Bonchev–Trinajstić information content (AvgIpc) is 2.94. The maximum atomic E-state index is 10.5. The van der Waals surface area contributed by atoms with Gasteiger partial charge in [-0.2, -0.15) is 9.78 Å². The minimum atomic E-state index is 0.200. The van der Waals surface area contributed by atoms with Gasteiger partial charge in [-0.3, -0.25) is 0 Å². The molecule has 5 nitrogen and oxygen atoms in total. The van der Waals surface area contributed by atoms with Gasteiger partial charge in [-0.1, -0.05) is 36.4 Å². The van der Waals surface area contributed by atoms with E-state index in [1.165, 1.54) is 0 Å². The highest BCUT2D eigenvalue weighted by molar-refractivity contribution is 5.86. The van der Waals surface area contributed by atoms with E-state index in [1.54, 1.807) is 16.9 Å².